The number of aryl methyl sites for hydroxylation is 1. The van der Waals surface area contributed by atoms with Crippen LogP contribution in [0.2, 0.25) is 0 Å². The first-order valence-corrected chi connectivity index (χ1v) is 7.51. The number of carbonyl (C=O) groups excluding carboxylic acids is 1. The van der Waals surface area contributed by atoms with Gasteiger partial charge in [-0.3, -0.25) is 0 Å². The van der Waals surface area contributed by atoms with Gasteiger partial charge in [-0.2, -0.15) is 0 Å². The Kier molecular flexibility index (Phi) is 4.44. The van der Waals surface area contributed by atoms with E-state index in [2.05, 4.69) is 15.0 Å². The summed E-state index contributed by atoms with van der Waals surface area (Å²) in [6.07, 6.45) is 1.15. The van der Waals surface area contributed by atoms with Crippen molar-refractivity contribution in [1.29, 1.82) is 0 Å². The highest BCUT2D eigenvalue weighted by atomic mass is 32.2. The third-order valence-corrected chi connectivity index (χ3v) is 3.30. The van der Waals surface area contributed by atoms with Gasteiger partial charge in [0.05, 0.1) is 25.1 Å². The van der Waals surface area contributed by atoms with Gasteiger partial charge in [0.1, 0.15) is 9.84 Å². The van der Waals surface area contributed by atoms with Crippen LogP contribution in [0, 0.1) is 0 Å². The first kappa shape index (κ1) is 14.6. The van der Waals surface area contributed by atoms with Crippen LogP contribution in [0.1, 0.15) is 35.9 Å². The molecule has 0 aliphatic rings. The molecule has 7 nitrogen and oxygen atoms in total. The number of rotatable bonds is 5. The lowest BCUT2D eigenvalue weighted by molar-refractivity contribution is 0.0592. The van der Waals surface area contributed by atoms with Crippen molar-refractivity contribution in [3.63, 3.8) is 0 Å². The van der Waals surface area contributed by atoms with Crippen molar-refractivity contribution in [3.8, 4) is 0 Å². The van der Waals surface area contributed by atoms with E-state index in [1.807, 2.05) is 13.8 Å². The maximum atomic E-state index is 11.5. The molecule has 0 saturated carbocycles. The molecule has 1 heterocycles. The molecule has 1 rings (SSSR count). The summed E-state index contributed by atoms with van der Waals surface area (Å²) < 4.78 is 28.3. The molecule has 0 atom stereocenters. The van der Waals surface area contributed by atoms with Crippen LogP contribution in [0.15, 0.2) is 0 Å². The maximum Gasteiger partial charge on any atom is 0.360 e. The fourth-order valence-electron chi connectivity index (χ4n) is 1.55. The molecule has 102 valence electrons. The Morgan fingerprint density at radius 2 is 2.06 bits per heavy atom. The molecule has 0 radical (unpaired) electrons. The van der Waals surface area contributed by atoms with Gasteiger partial charge in [0, 0.05) is 6.26 Å². The number of methoxy groups -OCH3 is 1. The minimum absolute atomic E-state index is 0.00587. The molecular formula is C10H17N3O4S. The van der Waals surface area contributed by atoms with Gasteiger partial charge in [0.2, 0.25) is 0 Å². The lowest BCUT2D eigenvalue weighted by Gasteiger charge is -2.09. The highest BCUT2D eigenvalue weighted by molar-refractivity contribution is 7.90. The SMILES string of the molecule is COC(=O)c1nnn(CCS(C)(=O)=O)c1C(C)C. The molecule has 0 bridgehead atoms. The van der Waals surface area contributed by atoms with Crippen LogP contribution in [0.25, 0.3) is 0 Å². The van der Waals surface area contributed by atoms with Crippen LogP contribution in [0.5, 0.6) is 0 Å². The number of aromatic nitrogens is 3. The zero-order valence-electron chi connectivity index (χ0n) is 10.9. The Morgan fingerprint density at radius 1 is 1.44 bits per heavy atom. The Balaban J connectivity index is 3.06. The van der Waals surface area contributed by atoms with Crippen LogP contribution in [-0.4, -0.2) is 48.5 Å². The second-order valence-electron chi connectivity index (χ2n) is 4.32. The van der Waals surface area contributed by atoms with E-state index in [-0.39, 0.29) is 23.9 Å². The van der Waals surface area contributed by atoms with Crippen molar-refractivity contribution in [1.82, 2.24) is 15.0 Å². The van der Waals surface area contributed by atoms with Crippen molar-refractivity contribution >= 4 is 15.8 Å². The molecule has 0 fully saturated rings. The van der Waals surface area contributed by atoms with Crippen molar-refractivity contribution in [3.05, 3.63) is 11.4 Å². The van der Waals surface area contributed by atoms with Gasteiger partial charge in [-0.05, 0) is 5.92 Å². The normalized spacial score (nSPS) is 11.8. The van der Waals surface area contributed by atoms with E-state index in [1.165, 1.54) is 11.8 Å². The van der Waals surface area contributed by atoms with E-state index in [0.717, 1.165) is 6.26 Å². The van der Waals surface area contributed by atoms with E-state index >= 15 is 0 Å². The van der Waals surface area contributed by atoms with Gasteiger partial charge in [-0.25, -0.2) is 17.9 Å². The standard InChI is InChI=1S/C10H17N3O4S/c1-7(2)9-8(10(14)17-3)11-12-13(9)5-6-18(4,15)16/h7H,5-6H2,1-4H3. The second kappa shape index (κ2) is 5.47. The summed E-state index contributed by atoms with van der Waals surface area (Å²) >= 11 is 0. The number of esters is 1. The molecule has 8 heteroatoms. The quantitative estimate of drug-likeness (QED) is 0.714. The van der Waals surface area contributed by atoms with Crippen molar-refractivity contribution < 1.29 is 17.9 Å². The molecule has 0 spiro atoms. The summed E-state index contributed by atoms with van der Waals surface area (Å²) in [5.74, 6) is -0.616. The molecule has 0 aromatic carbocycles. The van der Waals surface area contributed by atoms with Crippen molar-refractivity contribution in [2.24, 2.45) is 0 Å². The highest BCUT2D eigenvalue weighted by Crippen LogP contribution is 2.18. The minimum Gasteiger partial charge on any atom is -0.464 e. The largest absolute Gasteiger partial charge is 0.464 e. The fourth-order valence-corrected chi connectivity index (χ4v) is 2.06. The summed E-state index contributed by atoms with van der Waals surface area (Å²) in [5, 5.41) is 7.56. The van der Waals surface area contributed by atoms with Gasteiger partial charge in [-0.1, -0.05) is 19.1 Å². The average molecular weight is 275 g/mol. The summed E-state index contributed by atoms with van der Waals surface area (Å²) in [5.41, 5.74) is 0.728. The third-order valence-electron chi connectivity index (χ3n) is 2.37. The lowest BCUT2D eigenvalue weighted by Crippen LogP contribution is -2.16. The molecule has 0 aliphatic carbocycles. The Bertz CT molecular complexity index is 533. The zero-order chi connectivity index (χ0) is 13.9. The number of carbonyl (C=O) groups is 1. The van der Waals surface area contributed by atoms with E-state index in [4.69, 9.17) is 0 Å². The summed E-state index contributed by atoms with van der Waals surface area (Å²) in [6.45, 7) is 3.93. The minimum atomic E-state index is -3.09. The molecule has 0 N–H and O–H groups in total. The number of hydrogen-bond acceptors (Lipinski definition) is 6. The smallest absolute Gasteiger partial charge is 0.360 e. The van der Waals surface area contributed by atoms with Crippen LogP contribution >= 0.6 is 0 Å². The topological polar surface area (TPSA) is 91.2 Å². The van der Waals surface area contributed by atoms with Gasteiger partial charge < -0.3 is 4.74 Å². The van der Waals surface area contributed by atoms with E-state index in [1.54, 1.807) is 0 Å². The lowest BCUT2D eigenvalue weighted by atomic mass is 10.1. The highest BCUT2D eigenvalue weighted by Gasteiger charge is 2.22. The number of ether oxygens (including phenoxy) is 1. The summed E-state index contributed by atoms with van der Waals surface area (Å²) in [6, 6.07) is 0. The summed E-state index contributed by atoms with van der Waals surface area (Å²) in [7, 11) is -1.82. The van der Waals surface area contributed by atoms with Gasteiger partial charge in [0.25, 0.3) is 0 Å². The Morgan fingerprint density at radius 3 is 2.50 bits per heavy atom. The van der Waals surface area contributed by atoms with E-state index in [9.17, 15) is 13.2 Å². The second-order valence-corrected chi connectivity index (χ2v) is 6.58. The predicted octanol–water partition coefficient (Wildman–Crippen LogP) is 0.233. The molecule has 1 aromatic heterocycles. The number of nitrogens with zero attached hydrogens (tertiary/aromatic N) is 3. The zero-order valence-corrected chi connectivity index (χ0v) is 11.7. The molecule has 1 aromatic rings. The van der Waals surface area contributed by atoms with Crippen LogP contribution < -0.4 is 0 Å². The Labute approximate surface area is 106 Å². The maximum absolute atomic E-state index is 11.5. The van der Waals surface area contributed by atoms with E-state index < -0.39 is 15.8 Å². The molecule has 0 aliphatic heterocycles. The Hall–Kier alpha value is -1.44. The molecule has 0 saturated heterocycles. The average Bonchev–Trinajstić information content (AvgIpc) is 2.68. The van der Waals surface area contributed by atoms with Crippen LogP contribution in [0.4, 0.5) is 0 Å². The van der Waals surface area contributed by atoms with Crippen molar-refractivity contribution in [2.45, 2.75) is 26.3 Å². The third kappa shape index (κ3) is 3.52. The van der Waals surface area contributed by atoms with Crippen molar-refractivity contribution in [2.75, 3.05) is 19.1 Å². The fraction of sp³-hybridized carbons (Fsp3) is 0.700. The number of sulfone groups is 1. The molecular weight excluding hydrogens is 258 g/mol. The number of hydrogen-bond donors (Lipinski definition) is 0. The summed E-state index contributed by atoms with van der Waals surface area (Å²) in [4.78, 5) is 11.5. The predicted molar refractivity (Wildman–Crippen MR) is 65.2 cm³/mol. The van der Waals surface area contributed by atoms with Gasteiger partial charge in [0.15, 0.2) is 5.69 Å². The van der Waals surface area contributed by atoms with Gasteiger partial charge in [-0.15, -0.1) is 5.10 Å². The molecule has 0 amide bonds. The first-order valence-electron chi connectivity index (χ1n) is 5.45. The van der Waals surface area contributed by atoms with Crippen LogP contribution in [-0.2, 0) is 21.1 Å². The molecule has 18 heavy (non-hydrogen) atoms. The van der Waals surface area contributed by atoms with Crippen LogP contribution in [0.3, 0.4) is 0 Å². The molecule has 0 unspecified atom stereocenters. The van der Waals surface area contributed by atoms with Gasteiger partial charge >= 0.3 is 5.97 Å². The monoisotopic (exact) mass is 275 g/mol. The van der Waals surface area contributed by atoms with E-state index in [0.29, 0.717) is 5.69 Å². The first-order chi connectivity index (χ1) is 8.26.